The smallest absolute Gasteiger partial charge is 0.254 e. The van der Waals surface area contributed by atoms with Gasteiger partial charge in [0.1, 0.15) is 12.7 Å². The summed E-state index contributed by atoms with van der Waals surface area (Å²) in [5, 5.41) is 13.5. The van der Waals surface area contributed by atoms with E-state index in [1.165, 1.54) is 0 Å². The molecule has 1 saturated heterocycles. The van der Waals surface area contributed by atoms with Crippen molar-refractivity contribution in [2.75, 3.05) is 38.6 Å². The summed E-state index contributed by atoms with van der Waals surface area (Å²) in [6.45, 7) is 1.97. The lowest BCUT2D eigenvalue weighted by Crippen LogP contribution is -2.43. The van der Waals surface area contributed by atoms with Gasteiger partial charge in [-0.3, -0.25) is 14.6 Å². The number of benzene rings is 2. The van der Waals surface area contributed by atoms with Crippen LogP contribution >= 0.6 is 11.6 Å². The number of ketones is 1. The monoisotopic (exact) mass is 596 g/mol. The number of piperidine rings is 1. The molecule has 8 nitrogen and oxygen atoms in total. The van der Waals surface area contributed by atoms with Crippen LogP contribution in [-0.2, 0) is 17.8 Å². The number of carbonyl (C=O) groups is 2. The SMILES string of the molecule is CN1CCC(N2Cc3cc4c(cc3C2=O)CC(=C2C(=O)CC=CC2=NC[C@@H](O)COc2c(F)ccc(Cl)c2F)N4)CC1. The van der Waals surface area contributed by atoms with E-state index in [9.17, 15) is 23.5 Å². The number of aliphatic hydroxyl groups is 1. The lowest BCUT2D eigenvalue weighted by molar-refractivity contribution is -0.114. The van der Waals surface area contributed by atoms with E-state index in [0.29, 0.717) is 29.9 Å². The van der Waals surface area contributed by atoms with Crippen LogP contribution in [0.1, 0.15) is 40.7 Å². The predicted molar refractivity (Wildman–Crippen MR) is 155 cm³/mol. The number of amides is 1. The van der Waals surface area contributed by atoms with E-state index in [-0.39, 0.29) is 35.7 Å². The third-order valence-corrected chi connectivity index (χ3v) is 8.54. The summed E-state index contributed by atoms with van der Waals surface area (Å²) in [5.74, 6) is -2.69. The van der Waals surface area contributed by atoms with Crippen LogP contribution in [0.2, 0.25) is 5.02 Å². The number of rotatable bonds is 6. The Balaban J connectivity index is 1.16. The largest absolute Gasteiger partial charge is 0.485 e. The van der Waals surface area contributed by atoms with Crippen LogP contribution in [0.4, 0.5) is 14.5 Å². The molecule has 3 heterocycles. The van der Waals surface area contributed by atoms with E-state index in [0.717, 1.165) is 60.4 Å². The van der Waals surface area contributed by atoms with Gasteiger partial charge in [0.05, 0.1) is 22.9 Å². The van der Waals surface area contributed by atoms with Crippen molar-refractivity contribution < 1.29 is 28.2 Å². The number of nitrogens with one attached hydrogen (secondary N) is 1. The van der Waals surface area contributed by atoms with Crippen molar-refractivity contribution in [1.29, 1.82) is 0 Å². The van der Waals surface area contributed by atoms with Gasteiger partial charge in [-0.1, -0.05) is 17.7 Å². The molecule has 6 rings (SSSR count). The topological polar surface area (TPSA) is 94.5 Å². The minimum atomic E-state index is -1.19. The molecule has 0 spiro atoms. The quantitative estimate of drug-likeness (QED) is 0.382. The molecule has 2 aromatic rings. The molecule has 0 saturated carbocycles. The lowest BCUT2D eigenvalue weighted by atomic mass is 9.94. The number of ether oxygens (including phenoxy) is 1. The molecule has 0 aromatic heterocycles. The van der Waals surface area contributed by atoms with Gasteiger partial charge in [-0.05, 0) is 74.4 Å². The molecular weight excluding hydrogens is 566 g/mol. The van der Waals surface area contributed by atoms with Gasteiger partial charge in [-0.25, -0.2) is 8.78 Å². The number of likely N-dealkylation sites (tertiary alicyclic amines) is 1. The van der Waals surface area contributed by atoms with Crippen LogP contribution in [0.25, 0.3) is 0 Å². The van der Waals surface area contributed by atoms with Crippen molar-refractivity contribution in [1.82, 2.24) is 9.80 Å². The Kier molecular flexibility index (Phi) is 7.87. The first-order valence-electron chi connectivity index (χ1n) is 14.0. The number of allylic oxidation sites excluding steroid dienone is 4. The first kappa shape index (κ1) is 28.5. The van der Waals surface area contributed by atoms with Gasteiger partial charge in [0.2, 0.25) is 0 Å². The zero-order chi connectivity index (χ0) is 29.5. The molecule has 11 heteroatoms. The Morgan fingerprint density at radius 2 is 1.98 bits per heavy atom. The molecule has 0 unspecified atom stereocenters. The van der Waals surface area contributed by atoms with Crippen LogP contribution in [0, 0.1) is 11.6 Å². The molecule has 1 amide bonds. The zero-order valence-corrected chi connectivity index (χ0v) is 23.9. The summed E-state index contributed by atoms with van der Waals surface area (Å²) in [4.78, 5) is 35.1. The second kappa shape index (κ2) is 11.6. The van der Waals surface area contributed by atoms with Gasteiger partial charge < -0.3 is 25.0 Å². The third kappa shape index (κ3) is 5.46. The Morgan fingerprint density at radius 1 is 1.19 bits per heavy atom. The molecule has 1 fully saturated rings. The number of anilines is 1. The van der Waals surface area contributed by atoms with E-state index < -0.39 is 30.1 Å². The first-order chi connectivity index (χ1) is 20.2. The summed E-state index contributed by atoms with van der Waals surface area (Å²) in [5.41, 5.74) is 5.03. The molecule has 0 bridgehead atoms. The number of carbonyl (C=O) groups excluding carboxylic acids is 2. The van der Waals surface area contributed by atoms with E-state index in [1.54, 1.807) is 12.2 Å². The van der Waals surface area contributed by atoms with Crippen LogP contribution in [0.5, 0.6) is 5.75 Å². The van der Waals surface area contributed by atoms with Crippen molar-refractivity contribution in [3.8, 4) is 5.75 Å². The molecule has 1 atom stereocenters. The molecule has 42 heavy (non-hydrogen) atoms. The summed E-state index contributed by atoms with van der Waals surface area (Å²) >= 11 is 5.69. The summed E-state index contributed by atoms with van der Waals surface area (Å²) in [6, 6.07) is 6.26. The van der Waals surface area contributed by atoms with Gasteiger partial charge in [0.25, 0.3) is 5.91 Å². The average molecular weight is 597 g/mol. The molecule has 1 aliphatic carbocycles. The van der Waals surface area contributed by atoms with Crippen molar-refractivity contribution in [3.05, 3.63) is 81.0 Å². The van der Waals surface area contributed by atoms with Crippen LogP contribution in [-0.4, -0.2) is 77.7 Å². The summed E-state index contributed by atoms with van der Waals surface area (Å²) in [7, 11) is 2.10. The Hall–Kier alpha value is -3.60. The normalized spacial score (nSPS) is 22.5. The van der Waals surface area contributed by atoms with E-state index in [2.05, 4.69) is 22.3 Å². The zero-order valence-electron chi connectivity index (χ0n) is 23.1. The first-order valence-corrected chi connectivity index (χ1v) is 14.4. The standard InChI is InChI=1S/C31H31ClF2N4O4/c1-37-9-7-19(8-10-37)38-15-18-13-25-17(11-21(18)31(38)41)12-26(36-25)28-24(3-2-4-27(28)40)35-14-20(39)16-42-30-23(33)6-5-22(32)29(30)34/h2-3,5-6,11,13,19-20,36,39H,4,7-10,12,14-16H2,1H3/t20-/m1/s1. The molecular formula is C31H31ClF2N4O4. The van der Waals surface area contributed by atoms with Gasteiger partial charge in [0.15, 0.2) is 23.2 Å². The maximum Gasteiger partial charge on any atom is 0.254 e. The minimum absolute atomic E-state index is 0.0659. The van der Waals surface area contributed by atoms with Crippen LogP contribution in [0.3, 0.4) is 0 Å². The summed E-state index contributed by atoms with van der Waals surface area (Å²) in [6.07, 6.45) is 4.84. The number of hydrogen-bond acceptors (Lipinski definition) is 7. The van der Waals surface area contributed by atoms with Crippen molar-refractivity contribution >= 4 is 34.7 Å². The third-order valence-electron chi connectivity index (χ3n) is 8.25. The van der Waals surface area contributed by atoms with Gasteiger partial charge >= 0.3 is 0 Å². The number of aliphatic imine (C=N–C) groups is 1. The Morgan fingerprint density at radius 3 is 2.76 bits per heavy atom. The number of hydrogen-bond donors (Lipinski definition) is 2. The fourth-order valence-electron chi connectivity index (χ4n) is 5.98. The van der Waals surface area contributed by atoms with Crippen molar-refractivity contribution in [2.45, 2.75) is 44.4 Å². The highest BCUT2D eigenvalue weighted by Gasteiger charge is 2.36. The maximum atomic E-state index is 14.1. The second-order valence-electron chi connectivity index (χ2n) is 11.2. The molecule has 2 aromatic carbocycles. The molecule has 3 aliphatic heterocycles. The number of Topliss-reactive ketones (excluding diaryl/α,β-unsaturated/α-hetero) is 1. The highest BCUT2D eigenvalue weighted by molar-refractivity contribution is 6.31. The number of nitrogens with zero attached hydrogens (tertiary/aromatic N) is 3. The average Bonchev–Trinajstić information content (AvgIpc) is 3.53. The fraction of sp³-hybridized carbons (Fsp3) is 0.387. The molecule has 0 radical (unpaired) electrons. The lowest BCUT2D eigenvalue weighted by Gasteiger charge is -2.34. The fourth-order valence-corrected chi connectivity index (χ4v) is 6.13. The minimum Gasteiger partial charge on any atom is -0.485 e. The van der Waals surface area contributed by atoms with Crippen molar-refractivity contribution in [2.24, 2.45) is 4.99 Å². The molecule has 4 aliphatic rings. The molecule has 220 valence electrons. The summed E-state index contributed by atoms with van der Waals surface area (Å²) < 4.78 is 33.2. The Bertz CT molecular complexity index is 1550. The van der Waals surface area contributed by atoms with Crippen LogP contribution in [0.15, 0.2) is 52.7 Å². The molecule has 2 N–H and O–H groups in total. The highest BCUT2D eigenvalue weighted by atomic mass is 35.5. The van der Waals surface area contributed by atoms with E-state index >= 15 is 0 Å². The predicted octanol–water partition coefficient (Wildman–Crippen LogP) is 4.30. The number of halogens is 3. The Labute approximate surface area is 247 Å². The maximum absolute atomic E-state index is 14.1. The van der Waals surface area contributed by atoms with E-state index in [1.807, 2.05) is 17.0 Å². The number of aliphatic hydroxyl groups excluding tert-OH is 1. The van der Waals surface area contributed by atoms with Gasteiger partial charge in [-0.15, -0.1) is 0 Å². The second-order valence-corrected chi connectivity index (χ2v) is 11.6. The van der Waals surface area contributed by atoms with E-state index in [4.69, 9.17) is 16.3 Å². The van der Waals surface area contributed by atoms with Gasteiger partial charge in [-0.2, -0.15) is 0 Å². The van der Waals surface area contributed by atoms with Crippen LogP contribution < -0.4 is 10.1 Å². The van der Waals surface area contributed by atoms with Crippen molar-refractivity contribution in [3.63, 3.8) is 0 Å². The van der Waals surface area contributed by atoms with Gasteiger partial charge in [0, 0.05) is 42.4 Å². The highest BCUT2D eigenvalue weighted by Crippen LogP contribution is 2.38. The number of fused-ring (bicyclic) bond motifs is 2.